The summed E-state index contributed by atoms with van der Waals surface area (Å²) in [5.41, 5.74) is 9.72. The molecule has 0 aliphatic heterocycles. The van der Waals surface area contributed by atoms with Gasteiger partial charge in [0.2, 0.25) is 0 Å². The molecule has 24 heavy (non-hydrogen) atoms. The first kappa shape index (κ1) is 17.5. The summed E-state index contributed by atoms with van der Waals surface area (Å²) in [6.07, 6.45) is 2.37. The highest BCUT2D eigenvalue weighted by molar-refractivity contribution is 5.60. The van der Waals surface area contributed by atoms with Gasteiger partial charge in [-0.05, 0) is 29.8 Å². The van der Waals surface area contributed by atoms with Gasteiger partial charge in [0, 0.05) is 12.0 Å². The molecule has 124 valence electrons. The van der Waals surface area contributed by atoms with Crippen molar-refractivity contribution in [3.63, 3.8) is 0 Å². The number of methoxy groups -OCH3 is 1. The number of anilines is 1. The Kier molecular flexibility index (Phi) is 6.32. The Hall–Kier alpha value is -2.88. The lowest BCUT2D eigenvalue weighted by atomic mass is 10.1. The molecule has 0 bridgehead atoms. The van der Waals surface area contributed by atoms with Crippen molar-refractivity contribution in [1.29, 1.82) is 0 Å². The fraction of sp³-hybridized carbons (Fsp3) is 0.200. The Balaban J connectivity index is 0.00000100. The van der Waals surface area contributed by atoms with Crippen molar-refractivity contribution in [2.24, 2.45) is 0 Å². The molecular weight excluding hydrogens is 298 g/mol. The summed E-state index contributed by atoms with van der Waals surface area (Å²) in [4.78, 5) is 8.94. The van der Waals surface area contributed by atoms with Crippen molar-refractivity contribution in [1.82, 2.24) is 9.97 Å². The van der Waals surface area contributed by atoms with Crippen molar-refractivity contribution in [3.05, 3.63) is 72.1 Å². The number of rotatable bonds is 4. The zero-order valence-electron chi connectivity index (χ0n) is 14.4. The quantitative estimate of drug-likeness (QED) is 0.776. The third-order valence-corrected chi connectivity index (χ3v) is 3.48. The minimum atomic E-state index is 0.473. The molecule has 0 unspecified atom stereocenters. The van der Waals surface area contributed by atoms with Crippen LogP contribution >= 0.6 is 0 Å². The van der Waals surface area contributed by atoms with E-state index < -0.39 is 0 Å². The third kappa shape index (κ3) is 4.32. The Labute approximate surface area is 143 Å². The first-order valence-electron chi connectivity index (χ1n) is 8.06. The standard InChI is InChI=1S/C18H17N3O.C2H6/c1-22-15-9-7-14(8-10-15)17-12-20-18(19)16(21-17)11-13-5-3-2-4-6-13;1-2/h2-10,12H,11H2,1H3,(H2,19,20);1-2H3. The molecule has 0 fully saturated rings. The summed E-state index contributed by atoms with van der Waals surface area (Å²) >= 11 is 0. The molecule has 3 rings (SSSR count). The number of nitrogens with zero attached hydrogens (tertiary/aromatic N) is 2. The Morgan fingerprint density at radius 2 is 1.62 bits per heavy atom. The van der Waals surface area contributed by atoms with Crippen LogP contribution in [0.1, 0.15) is 25.1 Å². The molecule has 3 aromatic rings. The molecule has 2 aromatic carbocycles. The van der Waals surface area contributed by atoms with Crippen LogP contribution in [0.25, 0.3) is 11.3 Å². The number of ether oxygens (including phenoxy) is 1. The number of aromatic nitrogens is 2. The van der Waals surface area contributed by atoms with E-state index in [1.807, 2.05) is 56.3 Å². The zero-order valence-corrected chi connectivity index (χ0v) is 14.4. The molecule has 0 saturated heterocycles. The first-order valence-corrected chi connectivity index (χ1v) is 8.06. The van der Waals surface area contributed by atoms with Gasteiger partial charge >= 0.3 is 0 Å². The van der Waals surface area contributed by atoms with Crippen LogP contribution in [0.4, 0.5) is 5.82 Å². The molecule has 4 nitrogen and oxygen atoms in total. The molecule has 0 radical (unpaired) electrons. The first-order chi connectivity index (χ1) is 11.8. The van der Waals surface area contributed by atoms with Crippen molar-refractivity contribution < 1.29 is 4.74 Å². The summed E-state index contributed by atoms with van der Waals surface area (Å²) in [7, 11) is 1.65. The van der Waals surface area contributed by atoms with E-state index in [2.05, 4.69) is 22.1 Å². The Morgan fingerprint density at radius 1 is 0.958 bits per heavy atom. The van der Waals surface area contributed by atoms with E-state index in [4.69, 9.17) is 10.5 Å². The van der Waals surface area contributed by atoms with Crippen LogP contribution in [0.15, 0.2) is 60.8 Å². The molecule has 0 aliphatic rings. The van der Waals surface area contributed by atoms with Crippen LogP contribution in [-0.4, -0.2) is 17.1 Å². The number of nitrogens with two attached hydrogens (primary N) is 1. The highest BCUT2D eigenvalue weighted by Crippen LogP contribution is 2.22. The second-order valence-corrected chi connectivity index (χ2v) is 4.98. The third-order valence-electron chi connectivity index (χ3n) is 3.48. The van der Waals surface area contributed by atoms with E-state index in [9.17, 15) is 0 Å². The fourth-order valence-electron chi connectivity index (χ4n) is 2.26. The van der Waals surface area contributed by atoms with Crippen LogP contribution in [-0.2, 0) is 6.42 Å². The molecule has 0 atom stereocenters. The lowest BCUT2D eigenvalue weighted by Gasteiger charge is -2.08. The molecule has 4 heteroatoms. The average molecular weight is 321 g/mol. The molecule has 1 heterocycles. The van der Waals surface area contributed by atoms with Gasteiger partial charge in [-0.2, -0.15) is 0 Å². The predicted molar refractivity (Wildman–Crippen MR) is 99.0 cm³/mol. The van der Waals surface area contributed by atoms with Crippen LogP contribution in [0.5, 0.6) is 5.75 Å². The normalized spacial score (nSPS) is 9.79. The van der Waals surface area contributed by atoms with Gasteiger partial charge in [-0.1, -0.05) is 44.2 Å². The lowest BCUT2D eigenvalue weighted by molar-refractivity contribution is 0.415. The summed E-state index contributed by atoms with van der Waals surface area (Å²) in [6, 6.07) is 17.9. The fourth-order valence-corrected chi connectivity index (χ4v) is 2.26. The number of hydrogen-bond acceptors (Lipinski definition) is 4. The van der Waals surface area contributed by atoms with Gasteiger partial charge in [-0.25, -0.2) is 9.97 Å². The van der Waals surface area contributed by atoms with Gasteiger partial charge in [0.15, 0.2) is 0 Å². The molecule has 0 aliphatic carbocycles. The van der Waals surface area contributed by atoms with Gasteiger partial charge in [-0.15, -0.1) is 0 Å². The maximum atomic E-state index is 5.97. The lowest BCUT2D eigenvalue weighted by Crippen LogP contribution is -2.03. The van der Waals surface area contributed by atoms with Gasteiger partial charge < -0.3 is 10.5 Å². The Morgan fingerprint density at radius 3 is 2.25 bits per heavy atom. The second-order valence-electron chi connectivity index (χ2n) is 4.98. The van der Waals surface area contributed by atoms with Crippen molar-refractivity contribution >= 4 is 5.82 Å². The summed E-state index contributed by atoms with van der Waals surface area (Å²) < 4.78 is 5.17. The monoisotopic (exact) mass is 321 g/mol. The molecule has 2 N–H and O–H groups in total. The number of nitrogen functional groups attached to an aromatic ring is 1. The van der Waals surface area contributed by atoms with Crippen LogP contribution < -0.4 is 10.5 Å². The van der Waals surface area contributed by atoms with E-state index in [0.29, 0.717) is 12.2 Å². The second kappa shape index (κ2) is 8.67. The summed E-state index contributed by atoms with van der Waals surface area (Å²) in [5.74, 6) is 1.29. The Bertz CT molecular complexity index is 756. The van der Waals surface area contributed by atoms with Crippen LogP contribution in [0.2, 0.25) is 0 Å². The van der Waals surface area contributed by atoms with Gasteiger partial charge in [-0.3, -0.25) is 0 Å². The molecule has 0 amide bonds. The minimum absolute atomic E-state index is 0.473. The highest BCUT2D eigenvalue weighted by atomic mass is 16.5. The topological polar surface area (TPSA) is 61.0 Å². The maximum Gasteiger partial charge on any atom is 0.145 e. The number of hydrogen-bond donors (Lipinski definition) is 1. The van der Waals surface area contributed by atoms with Crippen molar-refractivity contribution in [2.45, 2.75) is 20.3 Å². The summed E-state index contributed by atoms with van der Waals surface area (Å²) in [6.45, 7) is 4.00. The molecule has 0 spiro atoms. The van der Waals surface area contributed by atoms with E-state index in [1.165, 1.54) is 0 Å². The van der Waals surface area contributed by atoms with Crippen LogP contribution in [0.3, 0.4) is 0 Å². The van der Waals surface area contributed by atoms with E-state index >= 15 is 0 Å². The SMILES string of the molecule is CC.COc1ccc(-c2cnc(N)c(Cc3ccccc3)n2)cc1. The number of benzene rings is 2. The van der Waals surface area contributed by atoms with Crippen LogP contribution in [0, 0.1) is 0 Å². The maximum absolute atomic E-state index is 5.97. The largest absolute Gasteiger partial charge is 0.497 e. The zero-order chi connectivity index (χ0) is 17.4. The molecule has 0 saturated carbocycles. The summed E-state index contributed by atoms with van der Waals surface area (Å²) in [5, 5.41) is 0. The molecular formula is C20H23N3O. The highest BCUT2D eigenvalue weighted by Gasteiger charge is 2.08. The minimum Gasteiger partial charge on any atom is -0.497 e. The van der Waals surface area contributed by atoms with E-state index in [1.54, 1.807) is 13.3 Å². The predicted octanol–water partition coefficient (Wildman–Crippen LogP) is 4.35. The van der Waals surface area contributed by atoms with Crippen molar-refractivity contribution in [3.8, 4) is 17.0 Å². The van der Waals surface area contributed by atoms with Gasteiger partial charge in [0.05, 0.1) is 24.7 Å². The molecule has 1 aromatic heterocycles. The van der Waals surface area contributed by atoms with Gasteiger partial charge in [0.25, 0.3) is 0 Å². The van der Waals surface area contributed by atoms with Crippen molar-refractivity contribution in [2.75, 3.05) is 12.8 Å². The smallest absolute Gasteiger partial charge is 0.145 e. The average Bonchev–Trinajstić information content (AvgIpc) is 2.66. The van der Waals surface area contributed by atoms with E-state index in [-0.39, 0.29) is 0 Å². The van der Waals surface area contributed by atoms with Gasteiger partial charge in [0.1, 0.15) is 11.6 Å². The van der Waals surface area contributed by atoms with E-state index in [0.717, 1.165) is 28.3 Å².